The topological polar surface area (TPSA) is 77.4 Å². The van der Waals surface area contributed by atoms with Gasteiger partial charge in [-0.3, -0.25) is 10.4 Å². The lowest BCUT2D eigenvalue weighted by atomic mass is 9.98. The molecule has 1 aromatic rings. The molecule has 0 amide bonds. The highest BCUT2D eigenvalue weighted by Gasteiger charge is 2.21. The molecule has 2 N–H and O–H groups in total. The fourth-order valence-electron chi connectivity index (χ4n) is 1.56. The molecule has 1 unspecified atom stereocenters. The van der Waals surface area contributed by atoms with Crippen molar-refractivity contribution in [2.45, 2.75) is 50.7 Å². The molecule has 0 aliphatic rings. The van der Waals surface area contributed by atoms with Gasteiger partial charge in [-0.1, -0.05) is 18.7 Å². The van der Waals surface area contributed by atoms with E-state index in [1.807, 2.05) is 13.8 Å². The number of nitrogens with zero attached hydrogens (tertiary/aromatic N) is 3. The number of aromatic amines is 1. The molecule has 0 aliphatic heterocycles. The fourth-order valence-corrected chi connectivity index (χ4v) is 2.34. The lowest BCUT2D eigenvalue weighted by Gasteiger charge is -2.22. The third-order valence-electron chi connectivity index (χ3n) is 2.64. The van der Waals surface area contributed by atoms with Crippen LogP contribution in [0.3, 0.4) is 0 Å². The standard InChI is InChI=1S/C12H21N5S/c1-4-7-14-12(3,9-13)6-5-8-18-11-15-10(2)16-17-11/h14H,4-8H2,1-3H3,(H,15,16,17). The van der Waals surface area contributed by atoms with Crippen molar-refractivity contribution < 1.29 is 0 Å². The monoisotopic (exact) mass is 267 g/mol. The van der Waals surface area contributed by atoms with Gasteiger partial charge in [0.25, 0.3) is 0 Å². The molecule has 100 valence electrons. The summed E-state index contributed by atoms with van der Waals surface area (Å²) in [5, 5.41) is 20.1. The summed E-state index contributed by atoms with van der Waals surface area (Å²) in [6.07, 6.45) is 2.86. The van der Waals surface area contributed by atoms with E-state index in [1.54, 1.807) is 11.8 Å². The number of nitrogens with one attached hydrogen (secondary N) is 2. The molecular formula is C12H21N5S. The van der Waals surface area contributed by atoms with E-state index in [9.17, 15) is 5.26 Å². The Morgan fingerprint density at radius 1 is 1.56 bits per heavy atom. The first-order valence-corrected chi connectivity index (χ1v) is 7.26. The molecule has 0 aromatic carbocycles. The largest absolute Gasteiger partial charge is 0.300 e. The van der Waals surface area contributed by atoms with Gasteiger partial charge in [0.2, 0.25) is 5.16 Å². The van der Waals surface area contributed by atoms with Gasteiger partial charge in [-0.25, -0.2) is 4.98 Å². The van der Waals surface area contributed by atoms with E-state index in [4.69, 9.17) is 0 Å². The molecule has 0 aliphatic carbocycles. The summed E-state index contributed by atoms with van der Waals surface area (Å²) in [5.41, 5.74) is -0.411. The molecule has 1 atom stereocenters. The zero-order valence-corrected chi connectivity index (χ0v) is 12.1. The minimum Gasteiger partial charge on any atom is -0.300 e. The molecule has 0 saturated carbocycles. The second-order valence-electron chi connectivity index (χ2n) is 4.53. The Bertz CT molecular complexity index is 397. The lowest BCUT2D eigenvalue weighted by molar-refractivity contribution is 0.415. The molecule has 6 heteroatoms. The van der Waals surface area contributed by atoms with Gasteiger partial charge >= 0.3 is 0 Å². The maximum atomic E-state index is 9.18. The van der Waals surface area contributed by atoms with E-state index in [0.29, 0.717) is 0 Å². The molecule has 0 saturated heterocycles. The van der Waals surface area contributed by atoms with Crippen LogP contribution in [-0.2, 0) is 0 Å². The Labute approximate surface area is 113 Å². The summed E-state index contributed by atoms with van der Waals surface area (Å²) in [4.78, 5) is 4.23. The van der Waals surface area contributed by atoms with Crippen LogP contribution >= 0.6 is 11.8 Å². The summed E-state index contributed by atoms with van der Waals surface area (Å²) in [5.74, 6) is 1.77. The summed E-state index contributed by atoms with van der Waals surface area (Å²) in [7, 11) is 0. The molecule has 5 nitrogen and oxygen atoms in total. The van der Waals surface area contributed by atoms with Crippen molar-refractivity contribution >= 4 is 11.8 Å². The first-order chi connectivity index (χ1) is 8.59. The molecule has 0 spiro atoms. The van der Waals surface area contributed by atoms with Crippen molar-refractivity contribution in [3.8, 4) is 6.07 Å². The highest BCUT2D eigenvalue weighted by molar-refractivity contribution is 7.99. The lowest BCUT2D eigenvalue weighted by Crippen LogP contribution is -2.41. The van der Waals surface area contributed by atoms with Crippen molar-refractivity contribution in [2.24, 2.45) is 0 Å². The number of aryl methyl sites for hydroxylation is 1. The van der Waals surface area contributed by atoms with Gasteiger partial charge in [-0.2, -0.15) is 5.26 Å². The van der Waals surface area contributed by atoms with E-state index in [1.165, 1.54) is 0 Å². The minimum atomic E-state index is -0.411. The molecule has 0 bridgehead atoms. The average Bonchev–Trinajstić information content (AvgIpc) is 2.78. The maximum absolute atomic E-state index is 9.18. The first kappa shape index (κ1) is 15.0. The second-order valence-corrected chi connectivity index (χ2v) is 5.59. The predicted molar refractivity (Wildman–Crippen MR) is 73.4 cm³/mol. The van der Waals surface area contributed by atoms with E-state index < -0.39 is 5.54 Å². The smallest absolute Gasteiger partial charge is 0.208 e. The minimum absolute atomic E-state index is 0.411. The number of nitriles is 1. The van der Waals surface area contributed by atoms with Gasteiger partial charge in [0, 0.05) is 5.75 Å². The summed E-state index contributed by atoms with van der Waals surface area (Å²) in [6, 6.07) is 2.36. The van der Waals surface area contributed by atoms with Gasteiger partial charge in [0.05, 0.1) is 6.07 Å². The number of aromatic nitrogens is 3. The highest BCUT2D eigenvalue weighted by atomic mass is 32.2. The van der Waals surface area contributed by atoms with Gasteiger partial charge in [-0.05, 0) is 39.7 Å². The van der Waals surface area contributed by atoms with Crippen LogP contribution in [0.5, 0.6) is 0 Å². The van der Waals surface area contributed by atoms with Gasteiger partial charge in [0.15, 0.2) is 0 Å². The second kappa shape index (κ2) is 7.39. The van der Waals surface area contributed by atoms with Crippen LogP contribution in [0.25, 0.3) is 0 Å². The van der Waals surface area contributed by atoms with Crippen molar-refractivity contribution in [1.29, 1.82) is 5.26 Å². The van der Waals surface area contributed by atoms with Crippen molar-refractivity contribution in [1.82, 2.24) is 20.5 Å². The molecule has 18 heavy (non-hydrogen) atoms. The Kier molecular flexibility index (Phi) is 6.16. The van der Waals surface area contributed by atoms with Crippen LogP contribution in [0.15, 0.2) is 5.16 Å². The van der Waals surface area contributed by atoms with Crippen LogP contribution in [0.4, 0.5) is 0 Å². The Morgan fingerprint density at radius 2 is 2.33 bits per heavy atom. The highest BCUT2D eigenvalue weighted by Crippen LogP contribution is 2.18. The Balaban J connectivity index is 2.25. The molecule has 1 rings (SSSR count). The summed E-state index contributed by atoms with van der Waals surface area (Å²) in [6.45, 7) is 6.84. The van der Waals surface area contributed by atoms with E-state index in [2.05, 4.69) is 33.5 Å². The third kappa shape index (κ3) is 5.07. The summed E-state index contributed by atoms with van der Waals surface area (Å²) < 4.78 is 0. The van der Waals surface area contributed by atoms with Gasteiger partial charge in [0.1, 0.15) is 11.4 Å². The summed E-state index contributed by atoms with van der Waals surface area (Å²) >= 11 is 1.63. The third-order valence-corrected chi connectivity index (χ3v) is 3.57. The number of hydrogen-bond acceptors (Lipinski definition) is 5. The molecule has 1 heterocycles. The van der Waals surface area contributed by atoms with Crippen molar-refractivity contribution in [3.63, 3.8) is 0 Å². The number of rotatable bonds is 8. The van der Waals surface area contributed by atoms with E-state index in [-0.39, 0.29) is 0 Å². The molecule has 1 aromatic heterocycles. The first-order valence-electron chi connectivity index (χ1n) is 6.28. The number of hydrogen-bond donors (Lipinski definition) is 2. The quantitative estimate of drug-likeness (QED) is 0.558. The van der Waals surface area contributed by atoms with Crippen molar-refractivity contribution in [3.05, 3.63) is 5.82 Å². The zero-order valence-electron chi connectivity index (χ0n) is 11.3. The number of H-pyrrole nitrogens is 1. The SMILES string of the molecule is CCCNC(C)(C#N)CCCSc1n[nH]c(C)n1. The van der Waals surface area contributed by atoms with Crippen molar-refractivity contribution in [2.75, 3.05) is 12.3 Å². The zero-order chi connectivity index (χ0) is 13.4. The van der Waals surface area contributed by atoms with Crippen LogP contribution < -0.4 is 5.32 Å². The molecule has 0 fully saturated rings. The van der Waals surface area contributed by atoms with Crippen LogP contribution in [0.1, 0.15) is 38.9 Å². The van der Waals surface area contributed by atoms with Gasteiger partial charge in [-0.15, -0.1) is 5.10 Å². The molecular weight excluding hydrogens is 246 g/mol. The average molecular weight is 267 g/mol. The van der Waals surface area contributed by atoms with E-state index >= 15 is 0 Å². The predicted octanol–water partition coefficient (Wildman–Crippen LogP) is 2.27. The normalized spacial score (nSPS) is 14.1. The van der Waals surface area contributed by atoms with E-state index in [0.717, 1.165) is 42.5 Å². The van der Waals surface area contributed by atoms with Crippen LogP contribution in [0, 0.1) is 18.3 Å². The van der Waals surface area contributed by atoms with Gasteiger partial charge < -0.3 is 0 Å². The van der Waals surface area contributed by atoms with Crippen LogP contribution in [-0.4, -0.2) is 33.0 Å². The Hall–Kier alpha value is -1.06. The fraction of sp³-hybridized carbons (Fsp3) is 0.750. The number of thioether (sulfide) groups is 1. The maximum Gasteiger partial charge on any atom is 0.208 e. The van der Waals surface area contributed by atoms with Crippen LogP contribution in [0.2, 0.25) is 0 Å². The Morgan fingerprint density at radius 3 is 2.89 bits per heavy atom. The molecule has 0 radical (unpaired) electrons.